The molecule has 1 aromatic heterocycles. The lowest BCUT2D eigenvalue weighted by Crippen LogP contribution is -2.28. The summed E-state index contributed by atoms with van der Waals surface area (Å²) in [7, 11) is 0. The van der Waals surface area contributed by atoms with Gasteiger partial charge in [-0.25, -0.2) is 8.78 Å². The quantitative estimate of drug-likeness (QED) is 0.941. The topological polar surface area (TPSA) is 55.1 Å². The molecule has 0 unspecified atom stereocenters. The molecule has 1 saturated carbocycles. The Balaban J connectivity index is 1.64. The van der Waals surface area contributed by atoms with Crippen LogP contribution < -0.4 is 5.32 Å². The highest BCUT2D eigenvalue weighted by Crippen LogP contribution is 2.26. The molecule has 2 aromatic rings. The average Bonchev–Trinajstić information content (AvgIpc) is 3.16. The standard InChI is InChI=1S/C16H16F2N2O2/c17-11-5-6-13(14(18)7-11)15-8-12(20-22-15)9-19-16(21)10-3-1-2-4-10/h5-8,10H,1-4,9H2,(H,19,21). The third kappa shape index (κ3) is 3.16. The smallest absolute Gasteiger partial charge is 0.223 e. The van der Waals surface area contributed by atoms with Crippen molar-refractivity contribution in [2.24, 2.45) is 5.92 Å². The van der Waals surface area contributed by atoms with E-state index in [1.165, 1.54) is 6.07 Å². The van der Waals surface area contributed by atoms with E-state index in [4.69, 9.17) is 4.52 Å². The van der Waals surface area contributed by atoms with Crippen LogP contribution >= 0.6 is 0 Å². The Hall–Kier alpha value is -2.24. The molecule has 0 bridgehead atoms. The zero-order chi connectivity index (χ0) is 15.5. The lowest BCUT2D eigenvalue weighted by atomic mass is 10.1. The zero-order valence-corrected chi connectivity index (χ0v) is 11.9. The second kappa shape index (κ2) is 6.25. The summed E-state index contributed by atoms with van der Waals surface area (Å²) in [5.74, 6) is -1.04. The van der Waals surface area contributed by atoms with E-state index < -0.39 is 11.6 Å². The van der Waals surface area contributed by atoms with Gasteiger partial charge in [0.2, 0.25) is 5.91 Å². The lowest BCUT2D eigenvalue weighted by molar-refractivity contribution is -0.125. The molecular formula is C16H16F2N2O2. The fourth-order valence-corrected chi connectivity index (χ4v) is 2.72. The van der Waals surface area contributed by atoms with Gasteiger partial charge in [-0.1, -0.05) is 18.0 Å². The highest BCUT2D eigenvalue weighted by Gasteiger charge is 2.22. The monoisotopic (exact) mass is 306 g/mol. The van der Waals surface area contributed by atoms with Crippen LogP contribution in [0.1, 0.15) is 31.4 Å². The Bertz CT molecular complexity index is 679. The maximum Gasteiger partial charge on any atom is 0.223 e. The van der Waals surface area contributed by atoms with Gasteiger partial charge in [0, 0.05) is 18.1 Å². The summed E-state index contributed by atoms with van der Waals surface area (Å²) in [6.45, 7) is 0.238. The number of rotatable bonds is 4. The molecule has 0 saturated heterocycles. The number of halogens is 2. The third-order valence-corrected chi connectivity index (χ3v) is 3.93. The van der Waals surface area contributed by atoms with Crippen LogP contribution in [-0.2, 0) is 11.3 Å². The maximum atomic E-state index is 13.7. The van der Waals surface area contributed by atoms with Crippen molar-refractivity contribution >= 4 is 5.91 Å². The Morgan fingerprint density at radius 1 is 1.27 bits per heavy atom. The molecule has 1 aromatic carbocycles. The van der Waals surface area contributed by atoms with Crippen LogP contribution in [-0.4, -0.2) is 11.1 Å². The first-order valence-electron chi connectivity index (χ1n) is 7.32. The minimum atomic E-state index is -0.710. The molecule has 1 aliphatic carbocycles. The van der Waals surface area contributed by atoms with Crippen molar-refractivity contribution in [3.05, 3.63) is 41.6 Å². The van der Waals surface area contributed by atoms with E-state index in [1.54, 1.807) is 6.07 Å². The number of hydrogen-bond acceptors (Lipinski definition) is 3. The molecule has 3 rings (SSSR count). The number of amides is 1. The molecule has 0 spiro atoms. The van der Waals surface area contributed by atoms with E-state index in [0.29, 0.717) is 5.69 Å². The van der Waals surface area contributed by atoms with Crippen LogP contribution in [0.2, 0.25) is 0 Å². The summed E-state index contributed by atoms with van der Waals surface area (Å²) in [5, 5.41) is 6.62. The van der Waals surface area contributed by atoms with Crippen molar-refractivity contribution < 1.29 is 18.1 Å². The number of aromatic nitrogens is 1. The van der Waals surface area contributed by atoms with Gasteiger partial charge in [0.25, 0.3) is 0 Å². The molecule has 1 amide bonds. The molecule has 1 heterocycles. The minimum absolute atomic E-state index is 0.0232. The summed E-state index contributed by atoms with van der Waals surface area (Å²) in [6.07, 6.45) is 4.04. The predicted molar refractivity (Wildman–Crippen MR) is 75.7 cm³/mol. The van der Waals surface area contributed by atoms with Gasteiger partial charge in [-0.2, -0.15) is 0 Å². The van der Waals surface area contributed by atoms with Crippen molar-refractivity contribution in [2.45, 2.75) is 32.2 Å². The molecule has 1 fully saturated rings. The number of hydrogen-bond donors (Lipinski definition) is 1. The normalized spacial score (nSPS) is 15.2. The van der Waals surface area contributed by atoms with Gasteiger partial charge < -0.3 is 9.84 Å². The summed E-state index contributed by atoms with van der Waals surface area (Å²) in [4.78, 5) is 11.9. The number of carbonyl (C=O) groups excluding carboxylic acids is 1. The van der Waals surface area contributed by atoms with Gasteiger partial charge in [-0.3, -0.25) is 4.79 Å². The Morgan fingerprint density at radius 2 is 2.05 bits per heavy atom. The van der Waals surface area contributed by atoms with Crippen LogP contribution in [0.15, 0.2) is 28.8 Å². The summed E-state index contributed by atoms with van der Waals surface area (Å²) in [5.41, 5.74) is 0.646. The second-order valence-electron chi connectivity index (χ2n) is 5.51. The predicted octanol–water partition coefficient (Wildman–Crippen LogP) is 3.43. The van der Waals surface area contributed by atoms with Crippen LogP contribution in [0.4, 0.5) is 8.78 Å². The minimum Gasteiger partial charge on any atom is -0.356 e. The molecule has 6 heteroatoms. The van der Waals surface area contributed by atoms with E-state index >= 15 is 0 Å². The first-order valence-corrected chi connectivity index (χ1v) is 7.32. The van der Waals surface area contributed by atoms with E-state index in [2.05, 4.69) is 10.5 Å². The van der Waals surface area contributed by atoms with Crippen molar-refractivity contribution in [1.82, 2.24) is 10.5 Å². The van der Waals surface area contributed by atoms with Gasteiger partial charge >= 0.3 is 0 Å². The van der Waals surface area contributed by atoms with Crippen LogP contribution in [0.5, 0.6) is 0 Å². The van der Waals surface area contributed by atoms with Crippen molar-refractivity contribution in [1.29, 1.82) is 0 Å². The van der Waals surface area contributed by atoms with Crippen molar-refractivity contribution in [3.63, 3.8) is 0 Å². The van der Waals surface area contributed by atoms with Crippen LogP contribution in [0, 0.1) is 17.6 Å². The molecule has 1 aliphatic rings. The molecule has 1 N–H and O–H groups in total. The average molecular weight is 306 g/mol. The summed E-state index contributed by atoms with van der Waals surface area (Å²) >= 11 is 0. The highest BCUT2D eigenvalue weighted by molar-refractivity contribution is 5.78. The Kier molecular flexibility index (Phi) is 4.18. The fraction of sp³-hybridized carbons (Fsp3) is 0.375. The first kappa shape index (κ1) is 14.7. The van der Waals surface area contributed by atoms with Gasteiger partial charge in [0.1, 0.15) is 17.3 Å². The van der Waals surface area contributed by atoms with Gasteiger partial charge in [-0.05, 0) is 25.0 Å². The van der Waals surface area contributed by atoms with Crippen molar-refractivity contribution in [2.75, 3.05) is 0 Å². The molecule has 0 aliphatic heterocycles. The largest absolute Gasteiger partial charge is 0.356 e. The van der Waals surface area contributed by atoms with Crippen molar-refractivity contribution in [3.8, 4) is 11.3 Å². The van der Waals surface area contributed by atoms with Crippen LogP contribution in [0.3, 0.4) is 0 Å². The molecular weight excluding hydrogens is 290 g/mol. The SMILES string of the molecule is O=C(NCc1cc(-c2ccc(F)cc2F)on1)C1CCCC1. The number of nitrogens with one attached hydrogen (secondary N) is 1. The first-order chi connectivity index (χ1) is 10.6. The van der Waals surface area contributed by atoms with E-state index in [0.717, 1.165) is 37.8 Å². The lowest BCUT2D eigenvalue weighted by Gasteiger charge is -2.08. The number of carbonyl (C=O) groups is 1. The summed E-state index contributed by atoms with van der Waals surface area (Å²) in [6, 6.07) is 4.79. The van der Waals surface area contributed by atoms with Gasteiger partial charge in [-0.15, -0.1) is 0 Å². The second-order valence-corrected chi connectivity index (χ2v) is 5.51. The summed E-state index contributed by atoms with van der Waals surface area (Å²) < 4.78 is 31.6. The fourth-order valence-electron chi connectivity index (χ4n) is 2.72. The zero-order valence-electron chi connectivity index (χ0n) is 11.9. The highest BCUT2D eigenvalue weighted by atomic mass is 19.1. The molecule has 0 atom stereocenters. The number of nitrogens with zero attached hydrogens (tertiary/aromatic N) is 1. The van der Waals surface area contributed by atoms with Gasteiger partial charge in [0.15, 0.2) is 5.76 Å². The number of benzene rings is 1. The maximum absolute atomic E-state index is 13.7. The Labute approximate surface area is 126 Å². The molecule has 4 nitrogen and oxygen atoms in total. The third-order valence-electron chi connectivity index (χ3n) is 3.93. The van der Waals surface area contributed by atoms with Crippen LogP contribution in [0.25, 0.3) is 11.3 Å². The molecule has 22 heavy (non-hydrogen) atoms. The van der Waals surface area contributed by atoms with Gasteiger partial charge in [0.05, 0.1) is 12.1 Å². The molecule has 0 radical (unpaired) electrons. The van der Waals surface area contributed by atoms with E-state index in [9.17, 15) is 13.6 Å². The van der Waals surface area contributed by atoms with E-state index in [-0.39, 0.29) is 29.7 Å². The molecule has 116 valence electrons. The van der Waals surface area contributed by atoms with E-state index in [1.807, 2.05) is 0 Å². The Morgan fingerprint density at radius 3 is 2.77 bits per heavy atom.